The third-order valence-corrected chi connectivity index (χ3v) is 10.7. The van der Waals surface area contributed by atoms with Crippen molar-refractivity contribution < 1.29 is 33.8 Å². The quantitative estimate of drug-likeness (QED) is 0.0876. The van der Waals surface area contributed by atoms with Gasteiger partial charge in [-0.2, -0.15) is 9.46 Å². The number of rotatable bonds is 14. The Kier molecular flexibility index (Phi) is 47.1. The summed E-state index contributed by atoms with van der Waals surface area (Å²) in [7, 11) is 0. The minimum atomic E-state index is -1.26. The van der Waals surface area contributed by atoms with Gasteiger partial charge in [0.1, 0.15) is 32.1 Å². The maximum absolute atomic E-state index is 12.1. The van der Waals surface area contributed by atoms with Crippen LogP contribution >= 0.6 is 0 Å². The van der Waals surface area contributed by atoms with Crippen molar-refractivity contribution in [2.45, 2.75) is 47.2 Å². The fraction of sp³-hybridized carbons (Fsp3) is 0.0707. The standard InChI is InChI=1S/C39H4.C20H17NO5.C20H17NO4.C20H6/c1-3-5-7-9-11-13-15-17-19-21-23-25-27-29-31-33-35-37-39-38-36-34-32-30-28-26-24-22-20-18-16-14-12-10-8-6-4-2;22-18-11-17(20(23)24)21(26-14-16-9-5-2-6-10-16)12-19(18)25-13-15-7-3-1-4-8-15;22-13-18-11-19(23)20(24-14-16-7-3-1-4-8-16)12-21(18)25-15-17-9-5-2-6-10-17;1-3-5-7-9-11-13-15-17-19-20-18-16-14-12-10-8-6-4-2/h1H,2H3;1-12H,13-14H2,(H,23,24);1-13H,14-15H2;1-2H3. The number of nitrogens with zero attached hydrogens (tertiary/aromatic N) is 2. The van der Waals surface area contributed by atoms with Crippen molar-refractivity contribution in [2.24, 2.45) is 0 Å². The maximum atomic E-state index is 12.1. The van der Waals surface area contributed by atoms with Crippen LogP contribution in [0.4, 0.5) is 0 Å². The number of carboxylic acid groups (broad SMARTS) is 1. The van der Waals surface area contributed by atoms with Gasteiger partial charge in [-0.3, -0.25) is 14.4 Å². The van der Waals surface area contributed by atoms with Crippen LogP contribution in [0.15, 0.2) is 155 Å². The van der Waals surface area contributed by atoms with Gasteiger partial charge in [-0.25, -0.2) is 4.79 Å². The minimum Gasteiger partial charge on any atom is -0.483 e. The van der Waals surface area contributed by atoms with E-state index < -0.39 is 11.4 Å². The van der Waals surface area contributed by atoms with Gasteiger partial charge in [0.2, 0.25) is 10.9 Å². The van der Waals surface area contributed by atoms with Crippen molar-refractivity contribution in [3.8, 4) is 344 Å². The number of hydrogen-bond donors (Lipinski definition) is 1. The first-order chi connectivity index (χ1) is 54.2. The van der Waals surface area contributed by atoms with E-state index >= 15 is 0 Å². The number of aldehydes is 1. The predicted molar refractivity (Wildman–Crippen MR) is 425 cm³/mol. The van der Waals surface area contributed by atoms with E-state index in [-0.39, 0.29) is 54.7 Å². The van der Waals surface area contributed by atoms with Crippen LogP contribution in [0.1, 0.15) is 64.0 Å². The monoisotopic (exact) mass is 1400 g/mol. The van der Waals surface area contributed by atoms with Crippen LogP contribution in [-0.2, 0) is 26.4 Å². The van der Waals surface area contributed by atoms with E-state index in [9.17, 15) is 24.3 Å². The SMILES string of the molecule is C#CC#CC#CC#CC#CC#CC#CC#CC#CC#CC#CC#CC#CC#CC#CC#CC#CC#CC#CC.CC#CC#CC#CC#CC#CC#CC#CC#CC#CC.O=C(O)c1cc(=O)c(OCc2ccccc2)cn1OCc1ccccc1.O=Cc1cc(=O)c(OCc2ccccc2)cn1OCc1ccccc1. The molecular weight excluding hydrogens is 1360 g/mol. The number of carbonyl (C=O) groups excluding carboxylic acids is 1. The Balaban J connectivity index is 0.000000391. The highest BCUT2D eigenvalue weighted by atomic mass is 16.7. The summed E-state index contributed by atoms with van der Waals surface area (Å²) >= 11 is 0. The summed E-state index contributed by atoms with van der Waals surface area (Å²) in [4.78, 5) is 58.0. The molecule has 0 unspecified atom stereocenters. The Labute approximate surface area is 642 Å². The molecular formula is C99H44N2O9. The molecule has 0 aliphatic heterocycles. The molecule has 504 valence electrons. The second-order valence-electron chi connectivity index (χ2n) is 18.2. The molecule has 0 fully saturated rings. The molecule has 0 atom stereocenters. The van der Waals surface area contributed by atoms with Crippen molar-refractivity contribution >= 4 is 12.3 Å². The van der Waals surface area contributed by atoms with Gasteiger partial charge in [-0.15, -0.1) is 6.42 Å². The van der Waals surface area contributed by atoms with Gasteiger partial charge in [-0.05, 0) is 232 Å². The lowest BCUT2D eigenvalue weighted by atomic mass is 10.2. The topological polar surface area (TPSA) is 135 Å². The molecule has 0 spiro atoms. The number of aromatic carboxylic acids is 1. The summed E-state index contributed by atoms with van der Waals surface area (Å²) in [6.45, 7) is 5.97. The van der Waals surface area contributed by atoms with E-state index in [2.05, 4.69) is 326 Å². The molecule has 0 saturated heterocycles. The van der Waals surface area contributed by atoms with Crippen LogP contribution in [0.25, 0.3) is 0 Å². The number of benzene rings is 4. The summed E-state index contributed by atoms with van der Waals surface area (Å²) in [5.74, 6) is 136. The van der Waals surface area contributed by atoms with Gasteiger partial charge in [0.05, 0.1) is 12.4 Å². The molecule has 0 bridgehead atoms. The normalized spacial score (nSPS) is 6.85. The fourth-order valence-electron chi connectivity index (χ4n) is 6.29. The zero-order valence-corrected chi connectivity index (χ0v) is 58.4. The molecule has 6 rings (SSSR count). The van der Waals surface area contributed by atoms with Crippen LogP contribution in [0.3, 0.4) is 0 Å². The van der Waals surface area contributed by atoms with Gasteiger partial charge in [0, 0.05) is 131 Å². The molecule has 11 heteroatoms. The third kappa shape index (κ3) is 44.7. The average molecular weight is 1410 g/mol. The number of carboxylic acids is 1. The average Bonchev–Trinajstić information content (AvgIpc) is 0.849. The van der Waals surface area contributed by atoms with E-state index in [0.717, 1.165) is 33.1 Å². The van der Waals surface area contributed by atoms with Crippen molar-refractivity contribution in [1.82, 2.24) is 9.46 Å². The largest absolute Gasteiger partial charge is 0.483 e. The molecule has 0 aliphatic rings. The number of ether oxygens (including phenoxy) is 2. The van der Waals surface area contributed by atoms with Crippen molar-refractivity contribution in [3.05, 3.63) is 200 Å². The number of terminal acetylenes is 1. The summed E-state index contributed by atoms with van der Waals surface area (Å²) in [6, 6.07) is 39.9. The molecule has 2 aromatic heterocycles. The van der Waals surface area contributed by atoms with Crippen molar-refractivity contribution in [1.29, 1.82) is 0 Å². The number of hydrogen-bond acceptors (Lipinski definition) is 8. The Morgan fingerprint density at radius 1 is 0.327 bits per heavy atom. The van der Waals surface area contributed by atoms with E-state index in [1.165, 1.54) is 23.2 Å². The van der Waals surface area contributed by atoms with E-state index in [1.807, 2.05) is 121 Å². The molecule has 2 heterocycles. The lowest BCUT2D eigenvalue weighted by molar-refractivity contribution is 0.0550. The van der Waals surface area contributed by atoms with Crippen LogP contribution in [0.5, 0.6) is 11.5 Å². The molecule has 6 aromatic rings. The highest BCUT2D eigenvalue weighted by Gasteiger charge is 2.15. The first-order valence-electron chi connectivity index (χ1n) is 30.8. The Morgan fingerprint density at radius 3 is 0.782 bits per heavy atom. The van der Waals surface area contributed by atoms with Crippen LogP contribution in [0, 0.1) is 332 Å². The first kappa shape index (κ1) is 85.0. The zero-order valence-electron chi connectivity index (χ0n) is 58.4. The van der Waals surface area contributed by atoms with Gasteiger partial charge < -0.3 is 24.3 Å². The van der Waals surface area contributed by atoms with Crippen LogP contribution in [0.2, 0.25) is 0 Å². The summed E-state index contributed by atoms with van der Waals surface area (Å²) in [6.07, 6.45) is 8.17. The van der Waals surface area contributed by atoms with E-state index in [1.54, 1.807) is 20.8 Å². The molecule has 4 aromatic carbocycles. The first-order valence-corrected chi connectivity index (χ1v) is 30.8. The fourth-order valence-corrected chi connectivity index (χ4v) is 6.29. The van der Waals surface area contributed by atoms with E-state index in [4.69, 9.17) is 25.6 Å². The lowest BCUT2D eigenvalue weighted by Crippen LogP contribution is -2.23. The summed E-state index contributed by atoms with van der Waals surface area (Å²) in [5, 5.41) is 9.31. The highest BCUT2D eigenvalue weighted by Crippen LogP contribution is 2.12. The lowest BCUT2D eigenvalue weighted by Gasteiger charge is -2.14. The van der Waals surface area contributed by atoms with Gasteiger partial charge in [0.25, 0.3) is 0 Å². The highest BCUT2D eigenvalue weighted by molar-refractivity contribution is 5.85. The van der Waals surface area contributed by atoms with Crippen molar-refractivity contribution in [2.75, 3.05) is 0 Å². The number of aromatic nitrogens is 2. The number of pyridine rings is 2. The second kappa shape index (κ2) is 60.9. The van der Waals surface area contributed by atoms with Crippen molar-refractivity contribution in [3.63, 3.8) is 0 Å². The molecule has 1 N–H and O–H groups in total. The summed E-state index contributed by atoms with van der Waals surface area (Å²) < 4.78 is 13.4. The second-order valence-corrected chi connectivity index (χ2v) is 18.2. The molecule has 0 saturated carbocycles. The van der Waals surface area contributed by atoms with Gasteiger partial charge in [0.15, 0.2) is 23.5 Å². The van der Waals surface area contributed by atoms with Gasteiger partial charge >= 0.3 is 5.97 Å². The number of carbonyl (C=O) groups is 2. The zero-order chi connectivity index (χ0) is 78.7. The third-order valence-electron chi connectivity index (χ3n) is 10.7. The molecule has 0 radical (unpaired) electrons. The molecule has 110 heavy (non-hydrogen) atoms. The molecule has 0 aliphatic carbocycles. The van der Waals surface area contributed by atoms with E-state index in [0.29, 0.717) is 6.29 Å². The predicted octanol–water partition coefficient (Wildman–Crippen LogP) is 7.38. The summed E-state index contributed by atoms with van der Waals surface area (Å²) in [5.41, 5.74) is 2.64. The maximum Gasteiger partial charge on any atom is 0.356 e. The van der Waals surface area contributed by atoms with Crippen LogP contribution in [-0.4, -0.2) is 26.8 Å². The molecule has 0 amide bonds. The smallest absolute Gasteiger partial charge is 0.356 e. The molecule has 11 nitrogen and oxygen atoms in total. The minimum absolute atomic E-state index is 0.0203. The Morgan fingerprint density at radius 2 is 0.545 bits per heavy atom. The van der Waals surface area contributed by atoms with Crippen LogP contribution < -0.4 is 30.0 Å². The van der Waals surface area contributed by atoms with Gasteiger partial charge in [-0.1, -0.05) is 139 Å². The Bertz CT molecular complexity index is 6420. The Hall–Kier alpha value is -19.2.